The lowest BCUT2D eigenvalue weighted by molar-refractivity contribution is -0.139. The van der Waals surface area contributed by atoms with Crippen molar-refractivity contribution in [1.29, 1.82) is 0 Å². The first kappa shape index (κ1) is 25.0. The largest absolute Gasteiger partial charge is 0.396 e. The molecule has 0 aromatic heterocycles. The molecule has 3 amide bonds. The molecule has 3 fully saturated rings. The van der Waals surface area contributed by atoms with E-state index in [-0.39, 0.29) is 35.5 Å². The van der Waals surface area contributed by atoms with Gasteiger partial charge in [0.1, 0.15) is 6.04 Å². The summed E-state index contributed by atoms with van der Waals surface area (Å²) in [6, 6.07) is 5.36. The highest BCUT2D eigenvalue weighted by molar-refractivity contribution is 8.02. The Morgan fingerprint density at radius 2 is 1.91 bits per heavy atom. The minimum atomic E-state index is -0.609. The van der Waals surface area contributed by atoms with Gasteiger partial charge in [-0.3, -0.25) is 14.4 Å². The molecule has 3 aliphatic heterocycles. The molecule has 8 heteroatoms. The lowest BCUT2D eigenvalue weighted by Crippen LogP contribution is -2.55. The van der Waals surface area contributed by atoms with E-state index in [1.54, 1.807) is 23.7 Å². The van der Waals surface area contributed by atoms with Crippen LogP contribution in [-0.2, 0) is 14.4 Å². The Morgan fingerprint density at radius 3 is 2.62 bits per heavy atom. The summed E-state index contributed by atoms with van der Waals surface area (Å²) in [7, 11) is 1.62. The monoisotopic (exact) mass is 487 g/mol. The molecule has 6 atom stereocenters. The number of hydrogen-bond acceptors (Lipinski definition) is 5. The maximum Gasteiger partial charge on any atom is 0.248 e. The maximum absolute atomic E-state index is 13.9. The van der Waals surface area contributed by atoms with E-state index in [4.69, 9.17) is 5.11 Å². The highest BCUT2D eigenvalue weighted by Gasteiger charge is 2.75. The normalized spacial score (nSPS) is 31.6. The molecule has 34 heavy (non-hydrogen) atoms. The number of unbranched alkanes of at least 4 members (excludes halogenated alkanes) is 3. The smallest absolute Gasteiger partial charge is 0.248 e. The van der Waals surface area contributed by atoms with Crippen molar-refractivity contribution in [2.24, 2.45) is 17.8 Å². The summed E-state index contributed by atoms with van der Waals surface area (Å²) in [6.45, 7) is 6.75. The standard InChI is InChI=1S/C26H37N3O4S/c1-15-9-10-16(2)18(13-15)28-24(32)22-26-17(3)14-19(34-26)20(23(31)27-4)21(26)25(33)29(22)11-7-5-6-8-12-30/h9-10,13,17,19-22,30H,5-8,11-12,14H2,1-4H3,(H,27,31)(H,28,32)/t17?,19-,20+,21+,22?,26?/m1/s1. The highest BCUT2D eigenvalue weighted by atomic mass is 32.2. The van der Waals surface area contributed by atoms with Gasteiger partial charge in [0.05, 0.1) is 16.6 Å². The van der Waals surface area contributed by atoms with Crippen LogP contribution in [0.5, 0.6) is 0 Å². The molecule has 0 saturated carbocycles. The summed E-state index contributed by atoms with van der Waals surface area (Å²) in [5, 5.41) is 15.0. The van der Waals surface area contributed by atoms with Gasteiger partial charge in [0, 0.05) is 31.1 Å². The van der Waals surface area contributed by atoms with E-state index in [1.165, 1.54) is 0 Å². The number of benzene rings is 1. The quantitative estimate of drug-likeness (QED) is 0.465. The first-order chi connectivity index (χ1) is 16.3. The second kappa shape index (κ2) is 9.90. The number of nitrogens with zero attached hydrogens (tertiary/aromatic N) is 1. The summed E-state index contributed by atoms with van der Waals surface area (Å²) < 4.78 is -0.591. The molecule has 1 spiro atoms. The summed E-state index contributed by atoms with van der Waals surface area (Å²) in [6.07, 6.45) is 4.13. The zero-order valence-electron chi connectivity index (χ0n) is 20.6. The molecule has 186 valence electrons. The number of carbonyl (C=O) groups excluding carboxylic acids is 3. The van der Waals surface area contributed by atoms with E-state index in [0.717, 1.165) is 48.9 Å². The molecule has 0 aliphatic carbocycles. The molecule has 3 saturated heterocycles. The van der Waals surface area contributed by atoms with Crippen molar-refractivity contribution in [2.45, 2.75) is 68.9 Å². The average molecular weight is 488 g/mol. The fourth-order valence-electron chi connectivity index (χ4n) is 6.35. The molecule has 4 rings (SSSR count). The lowest BCUT2D eigenvalue weighted by atomic mass is 9.66. The van der Waals surface area contributed by atoms with Crippen molar-refractivity contribution in [1.82, 2.24) is 10.2 Å². The molecule has 3 N–H and O–H groups in total. The van der Waals surface area contributed by atoms with Gasteiger partial charge in [-0.25, -0.2) is 0 Å². The zero-order chi connectivity index (χ0) is 24.6. The van der Waals surface area contributed by atoms with Gasteiger partial charge in [0.25, 0.3) is 0 Å². The van der Waals surface area contributed by atoms with E-state index in [1.807, 2.05) is 32.0 Å². The summed E-state index contributed by atoms with van der Waals surface area (Å²) in [4.78, 5) is 42.4. The molecule has 0 radical (unpaired) electrons. The third-order valence-corrected chi connectivity index (χ3v) is 10.1. The number of aryl methyl sites for hydroxylation is 2. The van der Waals surface area contributed by atoms with Crippen molar-refractivity contribution < 1.29 is 19.5 Å². The second-order valence-electron chi connectivity index (χ2n) is 10.1. The zero-order valence-corrected chi connectivity index (χ0v) is 21.4. The van der Waals surface area contributed by atoms with Crippen molar-refractivity contribution in [3.8, 4) is 0 Å². The van der Waals surface area contributed by atoms with E-state index in [9.17, 15) is 14.4 Å². The summed E-state index contributed by atoms with van der Waals surface area (Å²) in [5.74, 6) is -1.02. The number of thioether (sulfide) groups is 1. The maximum atomic E-state index is 13.9. The minimum Gasteiger partial charge on any atom is -0.396 e. The van der Waals surface area contributed by atoms with Gasteiger partial charge in [-0.1, -0.05) is 31.9 Å². The Hall–Kier alpha value is -2.06. The molecule has 3 heterocycles. The van der Waals surface area contributed by atoms with Crippen LogP contribution >= 0.6 is 11.8 Å². The number of nitrogens with one attached hydrogen (secondary N) is 2. The van der Waals surface area contributed by atoms with Gasteiger partial charge < -0.3 is 20.6 Å². The molecule has 3 aliphatic rings. The number of likely N-dealkylation sites (tertiary alicyclic amines) is 1. The van der Waals surface area contributed by atoms with E-state index in [0.29, 0.717) is 6.54 Å². The van der Waals surface area contributed by atoms with Crippen LogP contribution in [-0.4, -0.2) is 64.0 Å². The average Bonchev–Trinajstić information content (AvgIpc) is 3.39. The Labute approximate surface area is 206 Å². The number of carbonyl (C=O) groups is 3. The van der Waals surface area contributed by atoms with Gasteiger partial charge in [0.2, 0.25) is 17.7 Å². The van der Waals surface area contributed by atoms with Gasteiger partial charge in [-0.15, -0.1) is 11.8 Å². The second-order valence-corrected chi connectivity index (χ2v) is 11.7. The molecule has 1 aromatic carbocycles. The van der Waals surface area contributed by atoms with Gasteiger partial charge in [-0.05, 0) is 56.2 Å². The van der Waals surface area contributed by atoms with E-state index >= 15 is 0 Å². The van der Waals surface area contributed by atoms with Crippen LogP contribution in [0.3, 0.4) is 0 Å². The number of hydrogen-bond donors (Lipinski definition) is 3. The van der Waals surface area contributed by atoms with Crippen LogP contribution in [0.15, 0.2) is 18.2 Å². The topological polar surface area (TPSA) is 98.7 Å². The lowest BCUT2D eigenvalue weighted by Gasteiger charge is -2.38. The number of fused-ring (bicyclic) bond motifs is 1. The predicted octanol–water partition coefficient (Wildman–Crippen LogP) is 2.88. The van der Waals surface area contributed by atoms with Crippen molar-refractivity contribution in [3.05, 3.63) is 29.3 Å². The number of amides is 3. The Balaban J connectivity index is 1.67. The van der Waals surface area contributed by atoms with Crippen LogP contribution in [0.25, 0.3) is 0 Å². The third kappa shape index (κ3) is 4.02. The first-order valence-electron chi connectivity index (χ1n) is 12.4. The van der Waals surface area contributed by atoms with E-state index in [2.05, 4.69) is 17.6 Å². The fraction of sp³-hybridized carbons (Fsp3) is 0.654. The van der Waals surface area contributed by atoms with E-state index < -0.39 is 22.6 Å². The number of aliphatic hydroxyl groups excluding tert-OH is 1. The molecule has 2 bridgehead atoms. The molecular formula is C26H37N3O4S. The number of aliphatic hydroxyl groups is 1. The van der Waals surface area contributed by atoms with Crippen LogP contribution < -0.4 is 10.6 Å². The summed E-state index contributed by atoms with van der Waals surface area (Å²) >= 11 is 1.70. The van der Waals surface area contributed by atoms with Crippen LogP contribution in [0.2, 0.25) is 0 Å². The Bertz CT molecular complexity index is 969. The van der Waals surface area contributed by atoms with Crippen molar-refractivity contribution in [3.63, 3.8) is 0 Å². The minimum absolute atomic E-state index is 0.0570. The van der Waals surface area contributed by atoms with Crippen molar-refractivity contribution >= 4 is 35.2 Å². The van der Waals surface area contributed by atoms with Gasteiger partial charge >= 0.3 is 0 Å². The Morgan fingerprint density at radius 1 is 1.18 bits per heavy atom. The SMILES string of the molecule is CNC(=O)[C@@H]1[C@H]2C(=O)N(CCCCCCO)C(C(=O)Nc3cc(C)ccc3C)C23S[C@@H]1CC3C. The first-order valence-corrected chi connectivity index (χ1v) is 13.3. The predicted molar refractivity (Wildman–Crippen MR) is 135 cm³/mol. The fourth-order valence-corrected chi connectivity index (χ4v) is 8.77. The van der Waals surface area contributed by atoms with Crippen LogP contribution in [0.1, 0.15) is 50.2 Å². The third-order valence-electron chi connectivity index (χ3n) is 8.00. The molecule has 7 nitrogen and oxygen atoms in total. The van der Waals surface area contributed by atoms with Crippen LogP contribution in [0.4, 0.5) is 5.69 Å². The van der Waals surface area contributed by atoms with Crippen molar-refractivity contribution in [2.75, 3.05) is 25.5 Å². The highest BCUT2D eigenvalue weighted by Crippen LogP contribution is 2.68. The summed E-state index contributed by atoms with van der Waals surface area (Å²) in [5.41, 5.74) is 2.81. The van der Waals surface area contributed by atoms with Gasteiger partial charge in [0.15, 0.2) is 0 Å². The van der Waals surface area contributed by atoms with Crippen LogP contribution in [0, 0.1) is 31.6 Å². The Kier molecular flexibility index (Phi) is 7.29. The molecule has 3 unspecified atom stereocenters. The molecular weight excluding hydrogens is 450 g/mol. The number of anilines is 1. The molecule has 1 aromatic rings. The number of rotatable bonds is 9. The van der Waals surface area contributed by atoms with Gasteiger partial charge in [-0.2, -0.15) is 0 Å².